The minimum atomic E-state index is -0.996. The molecule has 0 saturated carbocycles. The topological polar surface area (TPSA) is 110 Å². The van der Waals surface area contributed by atoms with E-state index in [1.165, 1.54) is 18.2 Å². The van der Waals surface area contributed by atoms with Gasteiger partial charge in [-0.05, 0) is 18.2 Å². The lowest BCUT2D eigenvalue weighted by molar-refractivity contribution is -0.757. The van der Waals surface area contributed by atoms with Crippen molar-refractivity contribution in [2.24, 2.45) is 0 Å². The van der Waals surface area contributed by atoms with Gasteiger partial charge in [0.05, 0.1) is 17.7 Å². The molecule has 0 atom stereocenters. The molecule has 0 aliphatic carbocycles. The Hall–Kier alpha value is -2.64. The highest BCUT2D eigenvalue weighted by molar-refractivity contribution is 6.21. The summed E-state index contributed by atoms with van der Waals surface area (Å²) >= 11 is 0. The normalized spacial score (nSPS) is 13.7. The maximum absolute atomic E-state index is 11.8. The third kappa shape index (κ3) is 1.95. The molecule has 18 heavy (non-hydrogen) atoms. The van der Waals surface area contributed by atoms with Gasteiger partial charge in [-0.3, -0.25) is 14.5 Å². The van der Waals surface area contributed by atoms with Crippen LogP contribution in [0.25, 0.3) is 0 Å². The van der Waals surface area contributed by atoms with Crippen molar-refractivity contribution in [2.45, 2.75) is 0 Å². The number of hydrogen-bond acceptors (Lipinski definition) is 6. The van der Waals surface area contributed by atoms with E-state index in [9.17, 15) is 24.8 Å². The van der Waals surface area contributed by atoms with Crippen LogP contribution in [0, 0.1) is 10.1 Å². The Morgan fingerprint density at radius 2 is 1.94 bits per heavy atom. The summed E-state index contributed by atoms with van der Waals surface area (Å²) in [6, 6.07) is 3.81. The van der Waals surface area contributed by atoms with Gasteiger partial charge in [-0.15, -0.1) is 10.1 Å². The number of amides is 2. The van der Waals surface area contributed by atoms with Crippen LogP contribution in [-0.4, -0.2) is 40.1 Å². The lowest BCUT2D eigenvalue weighted by Crippen LogP contribution is -2.33. The van der Waals surface area contributed by atoms with Gasteiger partial charge in [-0.25, -0.2) is 0 Å². The summed E-state index contributed by atoms with van der Waals surface area (Å²) in [4.78, 5) is 38.4. The van der Waals surface area contributed by atoms with Crippen LogP contribution in [0.3, 0.4) is 0 Å². The van der Waals surface area contributed by atoms with Crippen LogP contribution >= 0.6 is 0 Å². The highest BCUT2D eigenvalue weighted by Crippen LogP contribution is 2.25. The van der Waals surface area contributed by atoms with E-state index >= 15 is 0 Å². The van der Waals surface area contributed by atoms with Crippen molar-refractivity contribution in [1.29, 1.82) is 0 Å². The average molecular weight is 252 g/mol. The quantitative estimate of drug-likeness (QED) is 0.465. The summed E-state index contributed by atoms with van der Waals surface area (Å²) in [6.45, 7) is -0.599. The van der Waals surface area contributed by atoms with Crippen molar-refractivity contribution in [3.63, 3.8) is 0 Å². The van der Waals surface area contributed by atoms with Crippen LogP contribution in [0.2, 0.25) is 0 Å². The molecule has 0 fully saturated rings. The number of nitrogens with zero attached hydrogens (tertiary/aromatic N) is 2. The summed E-state index contributed by atoms with van der Waals surface area (Å²) in [6.07, 6.45) is 0. The lowest BCUT2D eigenvalue weighted by atomic mass is 10.1. The van der Waals surface area contributed by atoms with E-state index in [4.69, 9.17) is 0 Å². The molecule has 0 bridgehead atoms. The number of fused-ring (bicyclic) bond motifs is 1. The third-order valence-electron chi connectivity index (χ3n) is 2.47. The van der Waals surface area contributed by atoms with Gasteiger partial charge in [-0.2, -0.15) is 0 Å². The van der Waals surface area contributed by atoms with Gasteiger partial charge < -0.3 is 9.94 Å². The van der Waals surface area contributed by atoms with Gasteiger partial charge in [0.1, 0.15) is 12.4 Å². The molecule has 2 rings (SSSR count). The summed E-state index contributed by atoms with van der Waals surface area (Å²) < 4.78 is 0. The Morgan fingerprint density at radius 1 is 1.28 bits per heavy atom. The fourth-order valence-electron chi connectivity index (χ4n) is 1.69. The highest BCUT2D eigenvalue weighted by atomic mass is 16.9. The van der Waals surface area contributed by atoms with Gasteiger partial charge >= 0.3 is 0 Å². The second kappa shape index (κ2) is 4.32. The smallest absolute Gasteiger partial charge is 0.294 e. The molecule has 0 spiro atoms. The Morgan fingerprint density at radius 3 is 2.61 bits per heavy atom. The van der Waals surface area contributed by atoms with E-state index in [0.29, 0.717) is 0 Å². The van der Waals surface area contributed by atoms with Gasteiger partial charge in [-0.1, -0.05) is 0 Å². The molecule has 8 heteroatoms. The Kier molecular flexibility index (Phi) is 2.84. The predicted molar refractivity (Wildman–Crippen MR) is 56.4 cm³/mol. The van der Waals surface area contributed by atoms with Crippen LogP contribution in [0.15, 0.2) is 18.2 Å². The summed E-state index contributed by atoms with van der Waals surface area (Å²) in [5.74, 6) is -1.28. The molecule has 1 aromatic carbocycles. The molecule has 1 aromatic rings. The number of phenolic OH excluding ortho intramolecular Hbond substituents is 1. The van der Waals surface area contributed by atoms with Crippen LogP contribution < -0.4 is 0 Å². The van der Waals surface area contributed by atoms with Crippen molar-refractivity contribution in [1.82, 2.24) is 4.90 Å². The van der Waals surface area contributed by atoms with Crippen LogP contribution in [-0.2, 0) is 4.84 Å². The zero-order valence-corrected chi connectivity index (χ0v) is 9.03. The van der Waals surface area contributed by atoms with Crippen molar-refractivity contribution in [3.8, 4) is 5.75 Å². The molecule has 0 radical (unpaired) electrons. The van der Waals surface area contributed by atoms with Crippen LogP contribution in [0.1, 0.15) is 20.7 Å². The summed E-state index contributed by atoms with van der Waals surface area (Å²) in [7, 11) is 0. The first kappa shape index (κ1) is 11.8. The summed E-state index contributed by atoms with van der Waals surface area (Å²) in [5, 5.41) is 18.2. The molecule has 2 amide bonds. The molecule has 1 aliphatic heterocycles. The largest absolute Gasteiger partial charge is 0.508 e. The highest BCUT2D eigenvalue weighted by Gasteiger charge is 2.35. The van der Waals surface area contributed by atoms with Gasteiger partial charge in [0.2, 0.25) is 0 Å². The van der Waals surface area contributed by atoms with E-state index < -0.39 is 16.9 Å². The van der Waals surface area contributed by atoms with E-state index in [0.717, 1.165) is 4.90 Å². The fourth-order valence-corrected chi connectivity index (χ4v) is 1.69. The minimum Gasteiger partial charge on any atom is -0.508 e. The van der Waals surface area contributed by atoms with Crippen molar-refractivity contribution in [2.75, 3.05) is 13.2 Å². The van der Waals surface area contributed by atoms with E-state index in [-0.39, 0.29) is 30.0 Å². The summed E-state index contributed by atoms with van der Waals surface area (Å²) in [5.41, 5.74) is 0.250. The number of phenols is 1. The monoisotopic (exact) mass is 252 g/mol. The Balaban J connectivity index is 2.15. The molecule has 0 unspecified atom stereocenters. The third-order valence-corrected chi connectivity index (χ3v) is 2.47. The number of rotatable bonds is 4. The van der Waals surface area contributed by atoms with Gasteiger partial charge in [0, 0.05) is 0 Å². The maximum Gasteiger partial charge on any atom is 0.294 e. The zero-order chi connectivity index (χ0) is 13.3. The first-order valence-corrected chi connectivity index (χ1v) is 4.97. The van der Waals surface area contributed by atoms with Crippen molar-refractivity contribution >= 4 is 11.8 Å². The molecule has 1 aliphatic rings. The number of aromatic hydroxyl groups is 1. The zero-order valence-electron chi connectivity index (χ0n) is 9.03. The average Bonchev–Trinajstić information content (AvgIpc) is 2.53. The van der Waals surface area contributed by atoms with Gasteiger partial charge in [0.15, 0.2) is 0 Å². The van der Waals surface area contributed by atoms with Crippen LogP contribution in [0.5, 0.6) is 5.75 Å². The first-order valence-electron chi connectivity index (χ1n) is 4.97. The first-order chi connectivity index (χ1) is 8.50. The van der Waals surface area contributed by atoms with E-state index in [2.05, 4.69) is 4.84 Å². The van der Waals surface area contributed by atoms with Crippen molar-refractivity contribution < 1.29 is 24.6 Å². The molecule has 1 heterocycles. The lowest BCUT2D eigenvalue weighted by Gasteiger charge is -2.12. The second-order valence-electron chi connectivity index (χ2n) is 3.55. The molecule has 0 saturated heterocycles. The molecule has 8 nitrogen and oxygen atoms in total. The van der Waals surface area contributed by atoms with Gasteiger partial charge in [0.25, 0.3) is 16.9 Å². The predicted octanol–water partition coefficient (Wildman–Crippen LogP) is 0.197. The number of imide groups is 1. The number of carbonyl (C=O) groups excluding carboxylic acids is 2. The Bertz CT molecular complexity index is 541. The number of benzene rings is 1. The fraction of sp³-hybridized carbons (Fsp3) is 0.200. The minimum absolute atomic E-state index is 0.0844. The van der Waals surface area contributed by atoms with Crippen LogP contribution in [0.4, 0.5) is 0 Å². The second-order valence-corrected chi connectivity index (χ2v) is 3.55. The SMILES string of the molecule is O=C1c2ccc(O)cc2C(=O)N1CCO[N+](=O)[O-]. The molecular formula is C10H8N2O6. The molecular weight excluding hydrogens is 244 g/mol. The standard InChI is InChI=1S/C10H8N2O6/c13-6-1-2-7-8(5-6)10(15)11(9(7)14)3-4-18-12(16)17/h1-2,5,13H,3-4H2. The molecule has 94 valence electrons. The van der Waals surface area contributed by atoms with Crippen molar-refractivity contribution in [3.05, 3.63) is 39.4 Å². The number of hydrogen-bond donors (Lipinski definition) is 1. The maximum atomic E-state index is 11.8. The van der Waals surface area contributed by atoms with E-state index in [1.54, 1.807) is 0 Å². The molecule has 1 N–H and O–H groups in total. The van der Waals surface area contributed by atoms with E-state index in [1.807, 2.05) is 0 Å². The molecule has 0 aromatic heterocycles. The number of carbonyl (C=O) groups is 2. The Labute approximate surface area is 100 Å².